The second kappa shape index (κ2) is 37.7. The molecular formula is C47H80NO7+. The first-order valence-electron chi connectivity index (χ1n) is 21.5. The van der Waals surface area contributed by atoms with Crippen LogP contribution < -0.4 is 0 Å². The molecule has 1 N–H and O–H groups in total. The largest absolute Gasteiger partial charge is 0.477 e. The summed E-state index contributed by atoms with van der Waals surface area (Å²) in [6, 6.07) is -0.623. The van der Waals surface area contributed by atoms with Crippen molar-refractivity contribution in [1.82, 2.24) is 0 Å². The van der Waals surface area contributed by atoms with Gasteiger partial charge < -0.3 is 23.8 Å². The van der Waals surface area contributed by atoms with Crippen LogP contribution in [0.2, 0.25) is 0 Å². The zero-order valence-corrected chi connectivity index (χ0v) is 35.6. The van der Waals surface area contributed by atoms with Gasteiger partial charge in [0.25, 0.3) is 0 Å². The van der Waals surface area contributed by atoms with Crippen LogP contribution in [0.5, 0.6) is 0 Å². The molecule has 0 rings (SSSR count). The van der Waals surface area contributed by atoms with Crippen LogP contribution in [0.25, 0.3) is 0 Å². The number of ether oxygens (including phenoxy) is 3. The number of unbranched alkanes of at least 4 members (excludes halogenated alkanes) is 11. The lowest BCUT2D eigenvalue weighted by Gasteiger charge is -2.31. The van der Waals surface area contributed by atoms with Crippen LogP contribution in [0.4, 0.5) is 0 Å². The van der Waals surface area contributed by atoms with Gasteiger partial charge in [-0.2, -0.15) is 0 Å². The number of esters is 2. The van der Waals surface area contributed by atoms with Crippen LogP contribution in [0, 0.1) is 0 Å². The molecular weight excluding hydrogens is 691 g/mol. The fourth-order valence-corrected chi connectivity index (χ4v) is 5.77. The van der Waals surface area contributed by atoms with Crippen molar-refractivity contribution < 1.29 is 38.2 Å². The Bertz CT molecular complexity index is 1130. The lowest BCUT2D eigenvalue weighted by Crippen LogP contribution is -2.50. The predicted octanol–water partition coefficient (Wildman–Crippen LogP) is 11.6. The molecule has 0 bridgehead atoms. The number of carboxylic acids is 1. The molecule has 0 aliphatic carbocycles. The minimum absolute atomic E-state index is 0.0428. The third kappa shape index (κ3) is 36.2. The van der Waals surface area contributed by atoms with E-state index in [9.17, 15) is 19.5 Å². The summed E-state index contributed by atoms with van der Waals surface area (Å²) in [5.74, 6) is -1.54. The Hall–Kier alpha value is -3.23. The number of carbonyl (C=O) groups excluding carboxylic acids is 2. The standard InChI is InChI=1S/C47H79NO7/c1-6-8-10-12-14-16-17-18-19-20-21-22-23-24-25-26-27-28-30-32-34-36-38-46(50)55-43(41-53-40-39-44(47(51)52)48(3,4)5)42-54-45(49)37-35-33-31-29-15-13-11-9-7-2/h8,10,14,16,18-19,21-22,24-25,29,31,43-44H,6-7,9,11-13,15,17,20,23,26-28,30,32-42H2,1-5H3/p+1/b10-8+,16-14+,19-18+,22-21+,25-24+,31-29+. The summed E-state index contributed by atoms with van der Waals surface area (Å²) in [5.41, 5.74) is 0. The second-order valence-electron chi connectivity index (χ2n) is 15.2. The minimum atomic E-state index is -0.885. The smallest absolute Gasteiger partial charge is 0.362 e. The molecule has 8 heteroatoms. The van der Waals surface area contributed by atoms with Crippen LogP contribution in [0.15, 0.2) is 72.9 Å². The van der Waals surface area contributed by atoms with Crippen LogP contribution >= 0.6 is 0 Å². The van der Waals surface area contributed by atoms with E-state index in [1.54, 1.807) is 0 Å². The first-order chi connectivity index (χ1) is 26.6. The van der Waals surface area contributed by atoms with Crippen molar-refractivity contribution in [3.63, 3.8) is 0 Å². The van der Waals surface area contributed by atoms with Gasteiger partial charge in [-0.1, -0.05) is 132 Å². The van der Waals surface area contributed by atoms with Crippen molar-refractivity contribution in [2.45, 2.75) is 167 Å². The Morgan fingerprint density at radius 3 is 1.58 bits per heavy atom. The van der Waals surface area contributed by atoms with Gasteiger partial charge in [-0.25, -0.2) is 4.79 Å². The third-order valence-corrected chi connectivity index (χ3v) is 9.09. The highest BCUT2D eigenvalue weighted by Gasteiger charge is 2.31. The first-order valence-corrected chi connectivity index (χ1v) is 21.5. The number of nitrogens with zero attached hydrogens (tertiary/aromatic N) is 1. The van der Waals surface area contributed by atoms with Gasteiger partial charge in [0.1, 0.15) is 6.61 Å². The molecule has 0 saturated carbocycles. The van der Waals surface area contributed by atoms with Crippen molar-refractivity contribution in [1.29, 1.82) is 0 Å². The van der Waals surface area contributed by atoms with Crippen molar-refractivity contribution in [3.8, 4) is 0 Å². The number of rotatable bonds is 37. The summed E-state index contributed by atoms with van der Waals surface area (Å²) in [6.07, 6.45) is 46.7. The molecule has 0 aliphatic heterocycles. The van der Waals surface area contributed by atoms with E-state index in [1.807, 2.05) is 21.1 Å². The Balaban J connectivity index is 4.35. The van der Waals surface area contributed by atoms with E-state index in [0.29, 0.717) is 25.7 Å². The molecule has 0 amide bonds. The summed E-state index contributed by atoms with van der Waals surface area (Å²) >= 11 is 0. The highest BCUT2D eigenvalue weighted by atomic mass is 16.6. The summed E-state index contributed by atoms with van der Waals surface area (Å²) in [4.78, 5) is 36.8. The van der Waals surface area contributed by atoms with Gasteiger partial charge in [0, 0.05) is 19.3 Å². The zero-order valence-electron chi connectivity index (χ0n) is 35.6. The summed E-state index contributed by atoms with van der Waals surface area (Å²) in [7, 11) is 5.50. The first kappa shape index (κ1) is 51.8. The SMILES string of the molecule is CC/C=C/C/C=C/C/C=C/C/C=C/C/C=C/CCCCCCCCC(=O)OC(COCCC(C(=O)O)[N+](C)(C)C)COC(=O)CCC/C=C/CCCCCC. The quantitative estimate of drug-likeness (QED) is 0.0291. The number of hydrogen-bond acceptors (Lipinski definition) is 6. The number of carboxylic acid groups (broad SMARTS) is 1. The molecule has 55 heavy (non-hydrogen) atoms. The van der Waals surface area contributed by atoms with E-state index >= 15 is 0 Å². The molecule has 2 atom stereocenters. The minimum Gasteiger partial charge on any atom is -0.477 e. The molecule has 0 fully saturated rings. The van der Waals surface area contributed by atoms with Gasteiger partial charge in [0.2, 0.25) is 0 Å². The molecule has 0 aromatic rings. The maximum absolute atomic E-state index is 12.7. The molecule has 8 nitrogen and oxygen atoms in total. The normalized spacial score (nSPS) is 13.7. The fraction of sp³-hybridized carbons (Fsp3) is 0.681. The summed E-state index contributed by atoms with van der Waals surface area (Å²) in [6.45, 7) is 4.52. The Morgan fingerprint density at radius 1 is 0.564 bits per heavy atom. The van der Waals surface area contributed by atoms with E-state index in [0.717, 1.165) is 77.0 Å². The average Bonchev–Trinajstić information content (AvgIpc) is 3.14. The number of quaternary nitrogens is 1. The maximum Gasteiger partial charge on any atom is 0.362 e. The molecule has 0 heterocycles. The zero-order chi connectivity index (χ0) is 40.7. The number of hydrogen-bond donors (Lipinski definition) is 1. The van der Waals surface area contributed by atoms with E-state index < -0.39 is 18.1 Å². The Kier molecular flexibility index (Phi) is 35.5. The number of aliphatic carboxylic acids is 1. The molecule has 0 radical (unpaired) electrons. The fourth-order valence-electron chi connectivity index (χ4n) is 5.77. The predicted molar refractivity (Wildman–Crippen MR) is 229 cm³/mol. The maximum atomic E-state index is 12.7. The van der Waals surface area contributed by atoms with Gasteiger partial charge in [0.15, 0.2) is 12.1 Å². The topological polar surface area (TPSA) is 99.1 Å². The molecule has 0 aliphatic rings. The summed E-state index contributed by atoms with van der Waals surface area (Å²) in [5, 5.41) is 9.60. The van der Waals surface area contributed by atoms with Crippen molar-refractivity contribution >= 4 is 17.9 Å². The highest BCUT2D eigenvalue weighted by molar-refractivity contribution is 5.72. The highest BCUT2D eigenvalue weighted by Crippen LogP contribution is 2.12. The lowest BCUT2D eigenvalue weighted by molar-refractivity contribution is -0.887. The van der Waals surface area contributed by atoms with Crippen molar-refractivity contribution in [2.24, 2.45) is 0 Å². The van der Waals surface area contributed by atoms with E-state index in [-0.39, 0.29) is 36.2 Å². The summed E-state index contributed by atoms with van der Waals surface area (Å²) < 4.78 is 17.2. The number of carbonyl (C=O) groups is 3. The van der Waals surface area contributed by atoms with Crippen LogP contribution in [-0.4, -0.2) is 80.6 Å². The van der Waals surface area contributed by atoms with Crippen LogP contribution in [0.1, 0.15) is 155 Å². The van der Waals surface area contributed by atoms with Crippen molar-refractivity contribution in [3.05, 3.63) is 72.9 Å². The van der Waals surface area contributed by atoms with Crippen LogP contribution in [0.3, 0.4) is 0 Å². The van der Waals surface area contributed by atoms with E-state index in [1.165, 1.54) is 38.5 Å². The molecule has 0 aromatic carbocycles. The monoisotopic (exact) mass is 771 g/mol. The van der Waals surface area contributed by atoms with Gasteiger partial charge in [-0.05, 0) is 77.0 Å². The van der Waals surface area contributed by atoms with Gasteiger partial charge in [-0.15, -0.1) is 0 Å². The third-order valence-electron chi connectivity index (χ3n) is 9.09. The van der Waals surface area contributed by atoms with Crippen LogP contribution in [-0.2, 0) is 28.6 Å². The van der Waals surface area contributed by atoms with Gasteiger partial charge in [-0.3, -0.25) is 9.59 Å². The van der Waals surface area contributed by atoms with E-state index in [4.69, 9.17) is 14.2 Å². The Morgan fingerprint density at radius 2 is 1.04 bits per heavy atom. The Labute approximate surface area is 336 Å². The lowest BCUT2D eigenvalue weighted by atomic mass is 10.1. The van der Waals surface area contributed by atoms with Gasteiger partial charge in [0.05, 0.1) is 34.4 Å². The molecule has 0 aromatic heterocycles. The van der Waals surface area contributed by atoms with Crippen molar-refractivity contribution in [2.75, 3.05) is 41.0 Å². The number of likely N-dealkylation sites (N-methyl/N-ethyl adjacent to an activating group) is 1. The molecule has 2 unspecified atom stereocenters. The molecule has 0 spiro atoms. The molecule has 0 saturated heterocycles. The molecule has 314 valence electrons. The average molecular weight is 771 g/mol. The second-order valence-corrected chi connectivity index (χ2v) is 15.2. The van der Waals surface area contributed by atoms with E-state index in [2.05, 4.69) is 86.8 Å². The van der Waals surface area contributed by atoms with Gasteiger partial charge >= 0.3 is 17.9 Å². The number of allylic oxidation sites excluding steroid dienone is 12.